The van der Waals surface area contributed by atoms with Crippen molar-refractivity contribution in [2.75, 3.05) is 11.8 Å². The Morgan fingerprint density at radius 1 is 1.00 bits per heavy atom. The maximum atomic E-state index is 12.4. The summed E-state index contributed by atoms with van der Waals surface area (Å²) < 4.78 is 32.3. The lowest BCUT2D eigenvalue weighted by Gasteiger charge is -2.13. The van der Waals surface area contributed by atoms with Crippen LogP contribution in [0.2, 0.25) is 15.1 Å². The quantitative estimate of drug-likeness (QED) is 0.813. The van der Waals surface area contributed by atoms with E-state index in [1.807, 2.05) is 0 Å². The standard InChI is InChI=1S/C13H10Cl3NO3S/c1-20-12-5-3-2-4-11(12)17-21(18,19)13-7-9(15)8(14)6-10(13)16/h2-7,17H,1H3. The number of hydrogen-bond donors (Lipinski definition) is 1. The molecular formula is C13H10Cl3NO3S. The molecule has 0 radical (unpaired) electrons. The van der Waals surface area contributed by atoms with Crippen LogP contribution in [0.1, 0.15) is 0 Å². The zero-order valence-corrected chi connectivity index (χ0v) is 13.8. The van der Waals surface area contributed by atoms with Crippen LogP contribution in [-0.4, -0.2) is 15.5 Å². The molecule has 0 unspecified atom stereocenters. The van der Waals surface area contributed by atoms with Crippen molar-refractivity contribution >= 4 is 50.5 Å². The van der Waals surface area contributed by atoms with Gasteiger partial charge in [0.15, 0.2) is 0 Å². The minimum absolute atomic E-state index is 0.0215. The predicted octanol–water partition coefficient (Wildman–Crippen LogP) is 4.46. The number of rotatable bonds is 4. The second kappa shape index (κ2) is 6.32. The summed E-state index contributed by atoms with van der Waals surface area (Å²) in [5.74, 6) is 0.386. The van der Waals surface area contributed by atoms with E-state index in [2.05, 4.69) is 4.72 Å². The van der Waals surface area contributed by atoms with Gasteiger partial charge in [0.25, 0.3) is 10.0 Å². The van der Waals surface area contributed by atoms with Crippen molar-refractivity contribution in [1.29, 1.82) is 0 Å². The first-order chi connectivity index (χ1) is 9.85. The number of halogens is 3. The van der Waals surface area contributed by atoms with Gasteiger partial charge in [0.2, 0.25) is 0 Å². The first kappa shape index (κ1) is 16.2. The molecule has 0 amide bonds. The molecule has 21 heavy (non-hydrogen) atoms. The highest BCUT2D eigenvalue weighted by atomic mass is 35.5. The Morgan fingerprint density at radius 3 is 2.29 bits per heavy atom. The Hall–Kier alpha value is -1.14. The summed E-state index contributed by atoms with van der Waals surface area (Å²) in [4.78, 5) is -0.163. The van der Waals surface area contributed by atoms with Crippen molar-refractivity contribution in [2.45, 2.75) is 4.90 Å². The summed E-state index contributed by atoms with van der Waals surface area (Å²) in [6.45, 7) is 0. The van der Waals surface area contributed by atoms with Gasteiger partial charge in [-0.25, -0.2) is 8.42 Å². The molecule has 0 atom stereocenters. The summed E-state index contributed by atoms with van der Waals surface area (Å²) in [6, 6.07) is 9.09. The smallest absolute Gasteiger partial charge is 0.263 e. The molecule has 2 aromatic carbocycles. The largest absolute Gasteiger partial charge is 0.495 e. The molecule has 4 nitrogen and oxygen atoms in total. The first-order valence-corrected chi connectivity index (χ1v) is 8.27. The highest BCUT2D eigenvalue weighted by Gasteiger charge is 2.21. The fourth-order valence-corrected chi connectivity index (χ4v) is 3.71. The molecule has 0 saturated heterocycles. The molecule has 0 heterocycles. The van der Waals surface area contributed by atoms with Crippen LogP contribution in [0, 0.1) is 0 Å². The molecule has 0 saturated carbocycles. The van der Waals surface area contributed by atoms with Gasteiger partial charge in [-0.15, -0.1) is 0 Å². The molecule has 0 bridgehead atoms. The molecule has 0 aliphatic carbocycles. The van der Waals surface area contributed by atoms with Gasteiger partial charge in [0.05, 0.1) is 27.9 Å². The molecule has 0 aliphatic rings. The molecule has 112 valence electrons. The van der Waals surface area contributed by atoms with E-state index in [9.17, 15) is 8.42 Å². The van der Waals surface area contributed by atoms with Gasteiger partial charge in [-0.1, -0.05) is 46.9 Å². The van der Waals surface area contributed by atoms with Gasteiger partial charge in [-0.05, 0) is 24.3 Å². The highest BCUT2D eigenvalue weighted by Crippen LogP contribution is 2.33. The lowest BCUT2D eigenvalue weighted by molar-refractivity contribution is 0.417. The highest BCUT2D eigenvalue weighted by molar-refractivity contribution is 7.92. The van der Waals surface area contributed by atoms with Gasteiger partial charge in [-0.3, -0.25) is 4.72 Å². The van der Waals surface area contributed by atoms with Gasteiger partial charge >= 0.3 is 0 Å². The lowest BCUT2D eigenvalue weighted by Crippen LogP contribution is -2.14. The average Bonchev–Trinajstić information content (AvgIpc) is 2.43. The van der Waals surface area contributed by atoms with Crippen LogP contribution < -0.4 is 9.46 Å². The number of benzene rings is 2. The van der Waals surface area contributed by atoms with Crippen molar-refractivity contribution in [3.05, 3.63) is 51.5 Å². The maximum Gasteiger partial charge on any atom is 0.263 e. The minimum Gasteiger partial charge on any atom is -0.495 e. The van der Waals surface area contributed by atoms with Crippen molar-refractivity contribution in [3.8, 4) is 5.75 Å². The third kappa shape index (κ3) is 3.55. The third-order valence-electron chi connectivity index (χ3n) is 2.62. The number of methoxy groups -OCH3 is 1. The molecule has 0 spiro atoms. The van der Waals surface area contributed by atoms with Crippen molar-refractivity contribution in [2.24, 2.45) is 0 Å². The monoisotopic (exact) mass is 365 g/mol. The fraction of sp³-hybridized carbons (Fsp3) is 0.0769. The van der Waals surface area contributed by atoms with Gasteiger partial charge in [-0.2, -0.15) is 0 Å². The number of ether oxygens (including phenoxy) is 1. The predicted molar refractivity (Wildman–Crippen MR) is 85.3 cm³/mol. The van der Waals surface area contributed by atoms with Gasteiger partial charge in [0, 0.05) is 0 Å². The molecule has 0 aromatic heterocycles. The zero-order valence-electron chi connectivity index (χ0n) is 10.7. The summed E-state index contributed by atoms with van der Waals surface area (Å²) in [7, 11) is -2.48. The molecule has 8 heteroatoms. The molecule has 0 fully saturated rings. The number of anilines is 1. The van der Waals surface area contributed by atoms with Crippen molar-refractivity contribution in [1.82, 2.24) is 0 Å². The van der Waals surface area contributed by atoms with E-state index in [-0.39, 0.29) is 20.0 Å². The van der Waals surface area contributed by atoms with E-state index in [1.165, 1.54) is 19.2 Å². The average molecular weight is 367 g/mol. The van der Waals surface area contributed by atoms with Crippen LogP contribution in [0.3, 0.4) is 0 Å². The fourth-order valence-electron chi connectivity index (χ4n) is 1.64. The number of sulfonamides is 1. The summed E-state index contributed by atoms with van der Waals surface area (Å²) >= 11 is 17.6. The number of para-hydroxylation sites is 2. The van der Waals surface area contributed by atoms with Crippen LogP contribution in [-0.2, 0) is 10.0 Å². The summed E-state index contributed by atoms with van der Waals surface area (Å²) in [5.41, 5.74) is 0.294. The van der Waals surface area contributed by atoms with Crippen LogP contribution in [0.25, 0.3) is 0 Å². The van der Waals surface area contributed by atoms with Crippen LogP contribution in [0.5, 0.6) is 5.75 Å². The number of hydrogen-bond acceptors (Lipinski definition) is 3. The van der Waals surface area contributed by atoms with E-state index in [0.29, 0.717) is 11.4 Å². The number of nitrogens with one attached hydrogen (secondary N) is 1. The topological polar surface area (TPSA) is 55.4 Å². The van der Waals surface area contributed by atoms with E-state index < -0.39 is 10.0 Å². The minimum atomic E-state index is -3.92. The lowest BCUT2D eigenvalue weighted by atomic mass is 10.3. The Labute approximate surface area is 137 Å². The SMILES string of the molecule is COc1ccccc1NS(=O)(=O)c1cc(Cl)c(Cl)cc1Cl. The van der Waals surface area contributed by atoms with E-state index in [4.69, 9.17) is 39.5 Å². The molecule has 2 rings (SSSR count). The Bertz CT molecular complexity index is 778. The van der Waals surface area contributed by atoms with Crippen molar-refractivity contribution < 1.29 is 13.2 Å². The Balaban J connectivity index is 2.46. The first-order valence-electron chi connectivity index (χ1n) is 5.65. The van der Waals surface area contributed by atoms with E-state index >= 15 is 0 Å². The maximum absolute atomic E-state index is 12.4. The summed E-state index contributed by atoms with van der Waals surface area (Å²) in [6.07, 6.45) is 0. The second-order valence-electron chi connectivity index (χ2n) is 4.00. The molecule has 0 aliphatic heterocycles. The van der Waals surface area contributed by atoms with Crippen molar-refractivity contribution in [3.63, 3.8) is 0 Å². The summed E-state index contributed by atoms with van der Waals surface area (Å²) in [5, 5.41) is 0.256. The second-order valence-corrected chi connectivity index (χ2v) is 6.87. The Kier molecular flexibility index (Phi) is 4.88. The normalized spacial score (nSPS) is 11.2. The van der Waals surface area contributed by atoms with Crippen LogP contribution >= 0.6 is 34.8 Å². The van der Waals surface area contributed by atoms with Gasteiger partial charge in [0.1, 0.15) is 10.6 Å². The van der Waals surface area contributed by atoms with E-state index in [1.54, 1.807) is 24.3 Å². The third-order valence-corrected chi connectivity index (χ3v) is 5.17. The Morgan fingerprint density at radius 2 is 1.62 bits per heavy atom. The van der Waals surface area contributed by atoms with E-state index in [0.717, 1.165) is 0 Å². The molecular weight excluding hydrogens is 357 g/mol. The molecule has 1 N–H and O–H groups in total. The molecule has 2 aromatic rings. The van der Waals surface area contributed by atoms with Crippen LogP contribution in [0.4, 0.5) is 5.69 Å². The van der Waals surface area contributed by atoms with Crippen LogP contribution in [0.15, 0.2) is 41.3 Å². The zero-order chi connectivity index (χ0) is 15.6. The van der Waals surface area contributed by atoms with Gasteiger partial charge < -0.3 is 4.74 Å².